The van der Waals surface area contributed by atoms with E-state index in [9.17, 15) is 14.7 Å². The number of hydrogen-bond acceptors (Lipinski definition) is 5. The highest BCUT2D eigenvalue weighted by Crippen LogP contribution is 2.28. The van der Waals surface area contributed by atoms with Gasteiger partial charge in [-0.25, -0.2) is 9.59 Å². The molecule has 1 amide bonds. The number of rotatable bonds is 5. The largest absolute Gasteiger partial charge is 0.480 e. The zero-order valence-corrected chi connectivity index (χ0v) is 16.7. The third-order valence-corrected chi connectivity index (χ3v) is 4.51. The molecule has 0 saturated carbocycles. The molecule has 1 N–H and O–H groups in total. The summed E-state index contributed by atoms with van der Waals surface area (Å²) in [5.74, 6) is -1.07. The Morgan fingerprint density at radius 3 is 2.64 bits per heavy atom. The van der Waals surface area contributed by atoms with Crippen molar-refractivity contribution < 1.29 is 24.2 Å². The summed E-state index contributed by atoms with van der Waals surface area (Å²) in [5.41, 5.74) is 1.09. The highest BCUT2D eigenvalue weighted by molar-refractivity contribution is 5.81. The molecule has 28 heavy (non-hydrogen) atoms. The van der Waals surface area contributed by atoms with Gasteiger partial charge in [-0.15, -0.1) is 0 Å². The van der Waals surface area contributed by atoms with Gasteiger partial charge in [0.15, 0.2) is 0 Å². The molecule has 0 bridgehead atoms. The first-order valence-electron chi connectivity index (χ1n) is 9.54. The number of aromatic nitrogens is 2. The highest BCUT2D eigenvalue weighted by Gasteiger charge is 2.43. The van der Waals surface area contributed by atoms with Crippen molar-refractivity contribution in [1.29, 1.82) is 0 Å². The monoisotopic (exact) mass is 389 g/mol. The van der Waals surface area contributed by atoms with Gasteiger partial charge < -0.3 is 14.6 Å². The second kappa shape index (κ2) is 7.69. The maximum atomic E-state index is 12.4. The fourth-order valence-corrected chi connectivity index (χ4v) is 3.37. The van der Waals surface area contributed by atoms with Crippen molar-refractivity contribution in [2.45, 2.75) is 64.8 Å². The van der Waals surface area contributed by atoms with E-state index >= 15 is 0 Å². The molecular formula is C20H27N3O5. The number of aryl methyl sites for hydroxylation is 1. The van der Waals surface area contributed by atoms with Crippen LogP contribution in [0.1, 0.15) is 40.5 Å². The first-order valence-corrected chi connectivity index (χ1v) is 9.54. The molecule has 2 heterocycles. The minimum Gasteiger partial charge on any atom is -0.480 e. The molecule has 1 saturated heterocycles. The van der Waals surface area contributed by atoms with Crippen LogP contribution in [0.5, 0.6) is 6.01 Å². The first kappa shape index (κ1) is 20.0. The van der Waals surface area contributed by atoms with E-state index in [1.54, 1.807) is 20.8 Å². The van der Waals surface area contributed by atoms with E-state index in [1.807, 2.05) is 28.8 Å². The molecule has 2 aromatic rings. The van der Waals surface area contributed by atoms with Crippen LogP contribution in [0.2, 0.25) is 0 Å². The van der Waals surface area contributed by atoms with Crippen LogP contribution >= 0.6 is 0 Å². The Morgan fingerprint density at radius 2 is 2.00 bits per heavy atom. The fraction of sp³-hybridized carbons (Fsp3) is 0.550. The van der Waals surface area contributed by atoms with Gasteiger partial charge in [-0.2, -0.15) is 4.98 Å². The maximum Gasteiger partial charge on any atom is 0.411 e. The van der Waals surface area contributed by atoms with Crippen molar-refractivity contribution in [3.63, 3.8) is 0 Å². The summed E-state index contributed by atoms with van der Waals surface area (Å²) in [6.07, 6.45) is -0.0262. The lowest BCUT2D eigenvalue weighted by molar-refractivity contribution is -0.142. The summed E-state index contributed by atoms with van der Waals surface area (Å²) in [6, 6.07) is 7.21. The van der Waals surface area contributed by atoms with Crippen LogP contribution in [0.25, 0.3) is 11.0 Å². The van der Waals surface area contributed by atoms with Gasteiger partial charge in [0.05, 0.1) is 17.6 Å². The van der Waals surface area contributed by atoms with Crippen LogP contribution in [-0.4, -0.2) is 55.9 Å². The van der Waals surface area contributed by atoms with Crippen LogP contribution in [-0.2, 0) is 16.1 Å². The molecule has 0 radical (unpaired) electrons. The van der Waals surface area contributed by atoms with Crippen LogP contribution in [0.4, 0.5) is 4.79 Å². The van der Waals surface area contributed by atoms with Gasteiger partial charge in [0.1, 0.15) is 17.7 Å². The number of para-hydroxylation sites is 2. The average Bonchev–Trinajstić information content (AvgIpc) is 3.17. The normalized spacial score (nSPS) is 19.8. The number of imidazole rings is 1. The number of amides is 1. The van der Waals surface area contributed by atoms with Gasteiger partial charge in [0, 0.05) is 13.0 Å². The van der Waals surface area contributed by atoms with Crippen molar-refractivity contribution in [2.75, 3.05) is 6.54 Å². The summed E-state index contributed by atoms with van der Waals surface area (Å²) in [4.78, 5) is 29.9. The Morgan fingerprint density at radius 1 is 1.29 bits per heavy atom. The molecule has 8 heteroatoms. The maximum absolute atomic E-state index is 12.4. The third-order valence-electron chi connectivity index (χ3n) is 4.51. The number of carboxylic acids is 1. The van der Waals surface area contributed by atoms with E-state index in [0.29, 0.717) is 6.01 Å². The minimum absolute atomic E-state index is 0.140. The van der Waals surface area contributed by atoms with E-state index in [0.717, 1.165) is 24.0 Å². The number of carbonyl (C=O) groups excluding carboxylic acids is 1. The quantitative estimate of drug-likeness (QED) is 0.843. The lowest BCUT2D eigenvalue weighted by Gasteiger charge is -2.26. The summed E-state index contributed by atoms with van der Waals surface area (Å²) in [6.45, 7) is 8.19. The molecule has 2 atom stereocenters. The van der Waals surface area contributed by atoms with Gasteiger partial charge in [0.2, 0.25) is 0 Å². The van der Waals surface area contributed by atoms with Gasteiger partial charge in [0.25, 0.3) is 6.01 Å². The predicted molar refractivity (Wildman–Crippen MR) is 103 cm³/mol. The third kappa shape index (κ3) is 4.21. The topological polar surface area (TPSA) is 93.9 Å². The van der Waals surface area contributed by atoms with Crippen LogP contribution < -0.4 is 4.74 Å². The molecular weight excluding hydrogens is 362 g/mol. The lowest BCUT2D eigenvalue weighted by Crippen LogP contribution is -2.43. The second-order valence-electron chi connectivity index (χ2n) is 8.00. The molecule has 0 spiro atoms. The molecule has 1 aliphatic heterocycles. The molecule has 2 unspecified atom stereocenters. The minimum atomic E-state index is -1.07. The number of hydrogen-bond donors (Lipinski definition) is 1. The Labute approximate surface area is 164 Å². The van der Waals surface area contributed by atoms with Crippen LogP contribution in [0.3, 0.4) is 0 Å². The van der Waals surface area contributed by atoms with E-state index in [4.69, 9.17) is 9.47 Å². The molecule has 1 aromatic heterocycles. The van der Waals surface area contributed by atoms with Crippen molar-refractivity contribution in [1.82, 2.24) is 14.5 Å². The number of benzene rings is 1. The highest BCUT2D eigenvalue weighted by atomic mass is 16.6. The second-order valence-corrected chi connectivity index (χ2v) is 8.00. The number of likely N-dealkylation sites (tertiary alicyclic amines) is 1. The zero-order valence-electron chi connectivity index (χ0n) is 16.7. The average molecular weight is 389 g/mol. The number of carboxylic acid groups (broad SMARTS) is 1. The predicted octanol–water partition coefficient (Wildman–Crippen LogP) is 3.29. The molecule has 1 aliphatic rings. The standard InChI is InChI=1S/C20H27N3O5/c1-5-10-22-15-9-7-6-8-14(15)21-18(22)27-13-11-16(17(24)25)23(12-13)19(26)28-20(2,3)4/h6-9,13,16H,5,10-12H2,1-4H3,(H,24,25). The Bertz CT molecular complexity index is 870. The first-order chi connectivity index (χ1) is 13.2. The zero-order chi connectivity index (χ0) is 20.5. The number of ether oxygens (including phenoxy) is 2. The summed E-state index contributed by atoms with van der Waals surface area (Å²) in [7, 11) is 0. The molecule has 1 fully saturated rings. The lowest BCUT2D eigenvalue weighted by atomic mass is 10.2. The van der Waals surface area contributed by atoms with E-state index in [-0.39, 0.29) is 13.0 Å². The van der Waals surface area contributed by atoms with E-state index in [2.05, 4.69) is 11.9 Å². The number of nitrogens with zero attached hydrogens (tertiary/aromatic N) is 3. The smallest absolute Gasteiger partial charge is 0.411 e. The summed E-state index contributed by atoms with van der Waals surface area (Å²) >= 11 is 0. The molecule has 1 aromatic carbocycles. The molecule has 8 nitrogen and oxygen atoms in total. The Hall–Kier alpha value is -2.77. The van der Waals surface area contributed by atoms with E-state index < -0.39 is 29.8 Å². The molecule has 0 aliphatic carbocycles. The Kier molecular flexibility index (Phi) is 5.49. The van der Waals surface area contributed by atoms with Gasteiger partial charge in [-0.05, 0) is 39.3 Å². The van der Waals surface area contributed by atoms with Gasteiger partial charge in [-0.3, -0.25) is 9.47 Å². The fourth-order valence-electron chi connectivity index (χ4n) is 3.37. The molecule has 152 valence electrons. The Balaban J connectivity index is 1.81. The van der Waals surface area contributed by atoms with Crippen molar-refractivity contribution in [2.24, 2.45) is 0 Å². The number of carbonyl (C=O) groups is 2. The SMILES string of the molecule is CCCn1c(OC2CC(C(=O)O)N(C(=O)OC(C)(C)C)C2)nc2ccccc21. The summed E-state index contributed by atoms with van der Waals surface area (Å²) < 4.78 is 13.4. The van der Waals surface area contributed by atoms with Crippen LogP contribution in [0, 0.1) is 0 Å². The summed E-state index contributed by atoms with van der Waals surface area (Å²) in [5, 5.41) is 9.54. The molecule has 3 rings (SSSR count). The van der Waals surface area contributed by atoms with Crippen LogP contribution in [0.15, 0.2) is 24.3 Å². The van der Waals surface area contributed by atoms with E-state index in [1.165, 1.54) is 4.90 Å². The van der Waals surface area contributed by atoms with Crippen molar-refractivity contribution in [3.8, 4) is 6.01 Å². The van der Waals surface area contributed by atoms with Crippen molar-refractivity contribution in [3.05, 3.63) is 24.3 Å². The van der Waals surface area contributed by atoms with Crippen molar-refractivity contribution >= 4 is 23.1 Å². The van der Waals surface area contributed by atoms with Gasteiger partial charge >= 0.3 is 12.1 Å². The number of fused-ring (bicyclic) bond motifs is 1. The number of aliphatic carboxylic acids is 1. The van der Waals surface area contributed by atoms with Gasteiger partial charge in [-0.1, -0.05) is 19.1 Å².